The number of ether oxygens (including phenoxy) is 1. The Morgan fingerprint density at radius 3 is 2.81 bits per heavy atom. The van der Waals surface area contributed by atoms with E-state index in [1.807, 2.05) is 31.3 Å². The second-order valence-corrected chi connectivity index (χ2v) is 4.76. The molecular formula is C16H15FN2O2. The summed E-state index contributed by atoms with van der Waals surface area (Å²) < 4.78 is 21.1. The number of nitrogens with zero attached hydrogens (tertiary/aromatic N) is 2. The van der Waals surface area contributed by atoms with Crippen LogP contribution in [-0.2, 0) is 20.3 Å². The monoisotopic (exact) mass is 286 g/mol. The summed E-state index contributed by atoms with van der Waals surface area (Å²) in [6.07, 6.45) is 0. The molecule has 0 saturated carbocycles. The van der Waals surface area contributed by atoms with Gasteiger partial charge < -0.3 is 9.84 Å². The molecule has 0 amide bonds. The van der Waals surface area contributed by atoms with Crippen LogP contribution in [0.3, 0.4) is 0 Å². The first-order valence-electron chi connectivity index (χ1n) is 6.62. The number of rotatable bonds is 4. The van der Waals surface area contributed by atoms with Crippen molar-refractivity contribution in [1.82, 2.24) is 9.78 Å². The van der Waals surface area contributed by atoms with Crippen LogP contribution in [0.15, 0.2) is 42.5 Å². The lowest BCUT2D eigenvalue weighted by Crippen LogP contribution is -2.02. The first-order chi connectivity index (χ1) is 10.2. The number of benzene rings is 2. The molecule has 0 saturated heterocycles. The number of aromatic nitrogens is 2. The number of hydrogen-bond donors (Lipinski definition) is 1. The smallest absolute Gasteiger partial charge is 0.165 e. The van der Waals surface area contributed by atoms with E-state index in [0.29, 0.717) is 5.56 Å². The molecule has 5 heteroatoms. The van der Waals surface area contributed by atoms with Crippen LogP contribution in [-0.4, -0.2) is 14.9 Å². The van der Waals surface area contributed by atoms with E-state index in [1.54, 1.807) is 16.8 Å². The number of aliphatic hydroxyl groups is 1. The minimum absolute atomic E-state index is 0.0785. The molecule has 0 atom stereocenters. The van der Waals surface area contributed by atoms with Crippen molar-refractivity contribution >= 4 is 10.9 Å². The Balaban J connectivity index is 1.91. The van der Waals surface area contributed by atoms with Crippen LogP contribution in [0, 0.1) is 5.82 Å². The van der Waals surface area contributed by atoms with Gasteiger partial charge in [0, 0.05) is 18.0 Å². The molecule has 0 fully saturated rings. The maximum atomic E-state index is 13.8. The summed E-state index contributed by atoms with van der Waals surface area (Å²) in [5, 5.41) is 14.6. The van der Waals surface area contributed by atoms with Gasteiger partial charge in [-0.3, -0.25) is 4.68 Å². The molecule has 4 nitrogen and oxygen atoms in total. The van der Waals surface area contributed by atoms with E-state index in [0.717, 1.165) is 16.6 Å². The fraction of sp³-hybridized carbons (Fsp3) is 0.188. The first-order valence-corrected chi connectivity index (χ1v) is 6.62. The van der Waals surface area contributed by atoms with Gasteiger partial charge in [-0.2, -0.15) is 5.10 Å². The van der Waals surface area contributed by atoms with Crippen molar-refractivity contribution < 1.29 is 14.2 Å². The Hall–Kier alpha value is -2.40. The van der Waals surface area contributed by atoms with Gasteiger partial charge >= 0.3 is 0 Å². The van der Waals surface area contributed by atoms with Crippen molar-refractivity contribution in [2.24, 2.45) is 7.05 Å². The molecular weight excluding hydrogens is 271 g/mol. The van der Waals surface area contributed by atoms with Gasteiger partial charge in [0.15, 0.2) is 11.6 Å². The molecule has 0 unspecified atom stereocenters. The van der Waals surface area contributed by atoms with Crippen LogP contribution in [0.1, 0.15) is 11.3 Å². The zero-order chi connectivity index (χ0) is 14.8. The zero-order valence-corrected chi connectivity index (χ0v) is 11.6. The van der Waals surface area contributed by atoms with Crippen molar-refractivity contribution in [2.45, 2.75) is 13.2 Å². The topological polar surface area (TPSA) is 47.3 Å². The third-order valence-electron chi connectivity index (χ3n) is 3.41. The van der Waals surface area contributed by atoms with Gasteiger partial charge in [-0.1, -0.05) is 30.3 Å². The Morgan fingerprint density at radius 2 is 2.00 bits per heavy atom. The molecule has 0 aliphatic rings. The van der Waals surface area contributed by atoms with E-state index >= 15 is 0 Å². The van der Waals surface area contributed by atoms with Crippen molar-refractivity contribution in [1.29, 1.82) is 0 Å². The summed E-state index contributed by atoms with van der Waals surface area (Å²) in [6, 6.07) is 12.3. The molecule has 0 aliphatic carbocycles. The third kappa shape index (κ3) is 2.48. The lowest BCUT2D eigenvalue weighted by atomic mass is 10.2. The number of aliphatic hydroxyl groups excluding tert-OH is 1. The highest BCUT2D eigenvalue weighted by Gasteiger charge is 2.12. The molecule has 1 N–H and O–H groups in total. The molecule has 3 aromatic rings. The number of hydrogen-bond acceptors (Lipinski definition) is 3. The standard InChI is InChI=1S/C16H15FN2O2/c1-19-15-8-3-2-6-12(15)14(18-19)10-21-16-11(9-20)5-4-7-13(16)17/h2-8,20H,9-10H2,1H3. The third-order valence-corrected chi connectivity index (χ3v) is 3.41. The van der Waals surface area contributed by atoms with Gasteiger partial charge in [0.25, 0.3) is 0 Å². The second kappa shape index (κ2) is 5.54. The van der Waals surface area contributed by atoms with Crippen LogP contribution in [0.4, 0.5) is 4.39 Å². The van der Waals surface area contributed by atoms with Gasteiger partial charge in [0.2, 0.25) is 0 Å². The van der Waals surface area contributed by atoms with Gasteiger partial charge in [-0.05, 0) is 12.1 Å². The van der Waals surface area contributed by atoms with Crippen LogP contribution < -0.4 is 4.74 Å². The molecule has 0 aliphatic heterocycles. The van der Waals surface area contributed by atoms with Crippen LogP contribution >= 0.6 is 0 Å². The SMILES string of the molecule is Cn1nc(COc2c(F)cccc2CO)c2ccccc21. The highest BCUT2D eigenvalue weighted by Crippen LogP contribution is 2.25. The van der Waals surface area contributed by atoms with Crippen LogP contribution in [0.5, 0.6) is 5.75 Å². The minimum atomic E-state index is -0.484. The fourth-order valence-electron chi connectivity index (χ4n) is 2.38. The van der Waals surface area contributed by atoms with E-state index < -0.39 is 5.82 Å². The summed E-state index contributed by atoms with van der Waals surface area (Å²) in [5.41, 5.74) is 2.16. The second-order valence-electron chi connectivity index (χ2n) is 4.76. The first kappa shape index (κ1) is 13.6. The molecule has 21 heavy (non-hydrogen) atoms. The maximum absolute atomic E-state index is 13.8. The lowest BCUT2D eigenvalue weighted by molar-refractivity contribution is 0.249. The number of aryl methyl sites for hydroxylation is 1. The Morgan fingerprint density at radius 1 is 1.19 bits per heavy atom. The summed E-state index contributed by atoms with van der Waals surface area (Å²) >= 11 is 0. The predicted molar refractivity (Wildman–Crippen MR) is 77.4 cm³/mol. The minimum Gasteiger partial charge on any atom is -0.484 e. The molecule has 2 aromatic carbocycles. The van der Waals surface area contributed by atoms with E-state index in [4.69, 9.17) is 4.74 Å². The fourth-order valence-corrected chi connectivity index (χ4v) is 2.38. The molecule has 0 spiro atoms. The summed E-state index contributed by atoms with van der Waals surface area (Å²) in [7, 11) is 1.86. The highest BCUT2D eigenvalue weighted by molar-refractivity contribution is 5.81. The Kier molecular flexibility index (Phi) is 3.58. The normalized spacial score (nSPS) is 11.0. The maximum Gasteiger partial charge on any atom is 0.165 e. The molecule has 0 radical (unpaired) electrons. The van der Waals surface area contributed by atoms with Crippen molar-refractivity contribution in [3.63, 3.8) is 0 Å². The average molecular weight is 286 g/mol. The van der Waals surface area contributed by atoms with E-state index in [1.165, 1.54) is 6.07 Å². The number of para-hydroxylation sites is 2. The average Bonchev–Trinajstić information content (AvgIpc) is 2.83. The molecule has 0 bridgehead atoms. The van der Waals surface area contributed by atoms with Crippen LogP contribution in [0.2, 0.25) is 0 Å². The highest BCUT2D eigenvalue weighted by atomic mass is 19.1. The van der Waals surface area contributed by atoms with Gasteiger partial charge in [-0.25, -0.2) is 4.39 Å². The van der Waals surface area contributed by atoms with Crippen molar-refractivity contribution in [3.8, 4) is 5.75 Å². The summed E-state index contributed by atoms with van der Waals surface area (Å²) in [4.78, 5) is 0. The van der Waals surface area contributed by atoms with Crippen molar-refractivity contribution in [3.05, 3.63) is 59.5 Å². The molecule has 1 heterocycles. The van der Waals surface area contributed by atoms with E-state index in [2.05, 4.69) is 5.10 Å². The Labute approximate surface area is 121 Å². The van der Waals surface area contributed by atoms with Gasteiger partial charge in [0.1, 0.15) is 12.3 Å². The number of halogens is 1. The lowest BCUT2D eigenvalue weighted by Gasteiger charge is -2.10. The largest absolute Gasteiger partial charge is 0.484 e. The summed E-state index contributed by atoms with van der Waals surface area (Å²) in [6.45, 7) is -0.120. The Bertz CT molecular complexity index is 783. The quantitative estimate of drug-likeness (QED) is 0.802. The number of fused-ring (bicyclic) bond motifs is 1. The van der Waals surface area contributed by atoms with Crippen LogP contribution in [0.25, 0.3) is 10.9 Å². The van der Waals surface area contributed by atoms with Gasteiger partial charge in [0.05, 0.1) is 12.1 Å². The van der Waals surface area contributed by atoms with E-state index in [-0.39, 0.29) is 19.0 Å². The van der Waals surface area contributed by atoms with Crippen molar-refractivity contribution in [2.75, 3.05) is 0 Å². The molecule has 108 valence electrons. The van der Waals surface area contributed by atoms with E-state index in [9.17, 15) is 9.50 Å². The molecule has 1 aromatic heterocycles. The van der Waals surface area contributed by atoms with Gasteiger partial charge in [-0.15, -0.1) is 0 Å². The predicted octanol–water partition coefficient (Wildman–Crippen LogP) is 2.78. The summed E-state index contributed by atoms with van der Waals surface area (Å²) in [5.74, 6) is -0.406. The zero-order valence-electron chi connectivity index (χ0n) is 11.6. The molecule has 3 rings (SSSR count).